The van der Waals surface area contributed by atoms with E-state index in [-0.39, 0.29) is 11.6 Å². The molecule has 2 aromatic carbocycles. The molecule has 10 heteroatoms. The normalized spacial score (nSPS) is 20.0. The molecular formula is C23H17ClN4O5. The number of ether oxygens (including phenoxy) is 3. The topological polar surface area (TPSA) is 105 Å². The van der Waals surface area contributed by atoms with Gasteiger partial charge >= 0.3 is 11.9 Å². The summed E-state index contributed by atoms with van der Waals surface area (Å²) in [6.07, 6.45) is 0.377. The van der Waals surface area contributed by atoms with Gasteiger partial charge in [-0.05, 0) is 24.3 Å². The number of hydrogen-bond acceptors (Lipinski definition) is 8. The van der Waals surface area contributed by atoms with Gasteiger partial charge in [-0.1, -0.05) is 48.0 Å². The highest BCUT2D eigenvalue weighted by Crippen LogP contribution is 2.34. The van der Waals surface area contributed by atoms with E-state index in [2.05, 4.69) is 15.0 Å². The Morgan fingerprint density at radius 2 is 1.55 bits per heavy atom. The molecule has 1 aliphatic heterocycles. The number of halogens is 1. The number of rotatable bonds is 5. The largest absolute Gasteiger partial charge is 0.452 e. The lowest BCUT2D eigenvalue weighted by Gasteiger charge is -2.19. The first-order chi connectivity index (χ1) is 16.1. The van der Waals surface area contributed by atoms with Crippen LogP contribution in [-0.2, 0) is 14.2 Å². The molecule has 1 aliphatic rings. The van der Waals surface area contributed by atoms with Gasteiger partial charge in [0.1, 0.15) is 18.1 Å². The van der Waals surface area contributed by atoms with E-state index < -0.39 is 30.6 Å². The van der Waals surface area contributed by atoms with E-state index in [4.69, 9.17) is 25.8 Å². The quantitative estimate of drug-likeness (QED) is 0.324. The molecule has 33 heavy (non-hydrogen) atoms. The van der Waals surface area contributed by atoms with E-state index in [0.717, 1.165) is 0 Å². The second-order valence-electron chi connectivity index (χ2n) is 7.26. The van der Waals surface area contributed by atoms with Crippen LogP contribution in [0.3, 0.4) is 0 Å². The molecule has 0 spiro atoms. The molecule has 0 radical (unpaired) electrons. The van der Waals surface area contributed by atoms with E-state index in [1.165, 1.54) is 12.7 Å². The lowest BCUT2D eigenvalue weighted by molar-refractivity contribution is -0.147. The third-order valence-electron chi connectivity index (χ3n) is 5.15. The summed E-state index contributed by atoms with van der Waals surface area (Å²) < 4.78 is 18.9. The molecule has 0 amide bonds. The Bertz CT molecular complexity index is 1240. The van der Waals surface area contributed by atoms with Crippen LogP contribution in [0.25, 0.3) is 11.2 Å². The van der Waals surface area contributed by atoms with Gasteiger partial charge in [0, 0.05) is 6.42 Å². The van der Waals surface area contributed by atoms with Crippen molar-refractivity contribution < 1.29 is 23.8 Å². The van der Waals surface area contributed by atoms with Gasteiger partial charge in [0.2, 0.25) is 6.29 Å². The van der Waals surface area contributed by atoms with Crippen LogP contribution < -0.4 is 0 Å². The Morgan fingerprint density at radius 3 is 2.21 bits per heavy atom. The van der Waals surface area contributed by atoms with Gasteiger partial charge in [-0.15, -0.1) is 0 Å². The van der Waals surface area contributed by atoms with Crippen molar-refractivity contribution in [1.29, 1.82) is 0 Å². The molecule has 3 unspecified atom stereocenters. The molecule has 3 atom stereocenters. The molecule has 1 saturated heterocycles. The number of nitrogens with zero attached hydrogens (tertiary/aromatic N) is 4. The van der Waals surface area contributed by atoms with Crippen molar-refractivity contribution in [2.75, 3.05) is 0 Å². The minimum Gasteiger partial charge on any atom is -0.452 e. The van der Waals surface area contributed by atoms with Crippen LogP contribution in [0, 0.1) is 0 Å². The highest BCUT2D eigenvalue weighted by Gasteiger charge is 2.42. The predicted molar refractivity (Wildman–Crippen MR) is 116 cm³/mol. The van der Waals surface area contributed by atoms with Gasteiger partial charge in [-0.2, -0.15) is 0 Å². The van der Waals surface area contributed by atoms with Crippen LogP contribution in [0.2, 0.25) is 5.15 Å². The van der Waals surface area contributed by atoms with Crippen molar-refractivity contribution in [1.82, 2.24) is 19.5 Å². The first-order valence-corrected chi connectivity index (χ1v) is 10.5. The maximum absolute atomic E-state index is 12.7. The van der Waals surface area contributed by atoms with E-state index in [9.17, 15) is 9.59 Å². The SMILES string of the molecule is O=C(OC1CC(n2cnc3c(Cl)ncnc32)OC1OC(=O)c1ccccc1)c1ccccc1. The molecule has 9 nitrogen and oxygen atoms in total. The average Bonchev–Trinajstić information content (AvgIpc) is 3.45. The van der Waals surface area contributed by atoms with Crippen LogP contribution in [0.5, 0.6) is 0 Å². The molecule has 2 aromatic heterocycles. The first kappa shape index (κ1) is 21.0. The number of benzene rings is 2. The Morgan fingerprint density at radius 1 is 0.909 bits per heavy atom. The number of carbonyl (C=O) groups excluding carboxylic acids is 2. The molecule has 0 bridgehead atoms. The monoisotopic (exact) mass is 464 g/mol. The van der Waals surface area contributed by atoms with Crippen LogP contribution in [-0.4, -0.2) is 43.9 Å². The van der Waals surface area contributed by atoms with Gasteiger partial charge < -0.3 is 14.2 Å². The van der Waals surface area contributed by atoms with Crippen molar-refractivity contribution in [3.63, 3.8) is 0 Å². The fraction of sp³-hybridized carbons (Fsp3) is 0.174. The van der Waals surface area contributed by atoms with E-state index in [1.54, 1.807) is 65.2 Å². The Kier molecular flexibility index (Phi) is 5.72. The smallest absolute Gasteiger partial charge is 0.340 e. The zero-order chi connectivity index (χ0) is 22.8. The highest BCUT2D eigenvalue weighted by molar-refractivity contribution is 6.33. The number of carbonyl (C=O) groups is 2. The summed E-state index contributed by atoms with van der Waals surface area (Å²) in [6.45, 7) is 0. The Hall–Kier alpha value is -3.82. The molecule has 0 saturated carbocycles. The fourth-order valence-electron chi connectivity index (χ4n) is 3.56. The van der Waals surface area contributed by atoms with Crippen LogP contribution in [0.15, 0.2) is 73.3 Å². The van der Waals surface area contributed by atoms with Gasteiger partial charge in [-0.25, -0.2) is 24.5 Å². The zero-order valence-electron chi connectivity index (χ0n) is 17.1. The standard InChI is InChI=1S/C23H17ClN4O5/c24-19-18-20(26-12-25-19)28(13-27-18)17-11-16(31-21(29)14-7-3-1-4-8-14)23(32-17)33-22(30)15-9-5-2-6-10-15/h1-10,12-13,16-17,23H,11H2. The number of fused-ring (bicyclic) bond motifs is 1. The van der Waals surface area contributed by atoms with E-state index in [0.29, 0.717) is 22.3 Å². The molecular weight excluding hydrogens is 448 g/mol. The minimum atomic E-state index is -1.13. The molecule has 166 valence electrons. The number of hydrogen-bond donors (Lipinski definition) is 0. The molecule has 0 aliphatic carbocycles. The van der Waals surface area contributed by atoms with Crippen LogP contribution in [0.4, 0.5) is 0 Å². The fourth-order valence-corrected chi connectivity index (χ4v) is 3.73. The second kappa shape index (κ2) is 8.97. The minimum absolute atomic E-state index is 0.204. The third kappa shape index (κ3) is 4.28. The predicted octanol–water partition coefficient (Wildman–Crippen LogP) is 3.81. The maximum Gasteiger partial charge on any atom is 0.340 e. The molecule has 0 N–H and O–H groups in total. The second-order valence-corrected chi connectivity index (χ2v) is 7.62. The summed E-state index contributed by atoms with van der Waals surface area (Å²) in [6, 6.07) is 17.0. The molecule has 3 heterocycles. The van der Waals surface area contributed by atoms with Gasteiger partial charge in [0.05, 0.1) is 17.5 Å². The van der Waals surface area contributed by atoms with Gasteiger partial charge in [-0.3, -0.25) is 4.57 Å². The first-order valence-electron chi connectivity index (χ1n) is 10.1. The molecule has 5 rings (SSSR count). The highest BCUT2D eigenvalue weighted by atomic mass is 35.5. The van der Waals surface area contributed by atoms with Crippen molar-refractivity contribution in [3.8, 4) is 0 Å². The van der Waals surface area contributed by atoms with E-state index in [1.807, 2.05) is 0 Å². The van der Waals surface area contributed by atoms with Crippen molar-refractivity contribution >= 4 is 34.7 Å². The number of aromatic nitrogens is 4. The molecule has 4 aromatic rings. The van der Waals surface area contributed by atoms with Crippen LogP contribution >= 0.6 is 11.6 Å². The van der Waals surface area contributed by atoms with Gasteiger partial charge in [0.25, 0.3) is 0 Å². The lowest BCUT2D eigenvalue weighted by Crippen LogP contribution is -2.31. The summed E-state index contributed by atoms with van der Waals surface area (Å²) in [5.74, 6) is -1.14. The van der Waals surface area contributed by atoms with Crippen LogP contribution in [0.1, 0.15) is 33.4 Å². The number of esters is 2. The van der Waals surface area contributed by atoms with Crippen molar-refractivity contribution in [2.24, 2.45) is 0 Å². The van der Waals surface area contributed by atoms with Crippen molar-refractivity contribution in [3.05, 3.63) is 89.6 Å². The number of imidazole rings is 1. The van der Waals surface area contributed by atoms with Gasteiger partial charge in [0.15, 0.2) is 16.9 Å². The summed E-state index contributed by atoms with van der Waals surface area (Å²) in [7, 11) is 0. The summed E-state index contributed by atoms with van der Waals surface area (Å²) in [5.41, 5.74) is 1.58. The summed E-state index contributed by atoms with van der Waals surface area (Å²) in [5, 5.41) is 0.204. The summed E-state index contributed by atoms with van der Waals surface area (Å²) >= 11 is 6.10. The Labute approximate surface area is 192 Å². The zero-order valence-corrected chi connectivity index (χ0v) is 17.8. The average molecular weight is 465 g/mol. The lowest BCUT2D eigenvalue weighted by atomic mass is 10.2. The Balaban J connectivity index is 1.41. The maximum atomic E-state index is 12.7. The molecule has 1 fully saturated rings. The van der Waals surface area contributed by atoms with Crippen molar-refractivity contribution in [2.45, 2.75) is 25.0 Å². The van der Waals surface area contributed by atoms with E-state index >= 15 is 0 Å². The third-order valence-corrected chi connectivity index (χ3v) is 5.43. The summed E-state index contributed by atoms with van der Waals surface area (Å²) in [4.78, 5) is 37.7.